The zero-order valence-electron chi connectivity index (χ0n) is 15.0. The lowest BCUT2D eigenvalue weighted by atomic mass is 10.0. The number of hydrogen-bond donors (Lipinski definition) is 0. The molecular formula is C21H21N3O2. The van der Waals surface area contributed by atoms with E-state index in [2.05, 4.69) is 22.0 Å². The third-order valence-electron chi connectivity index (χ3n) is 4.72. The van der Waals surface area contributed by atoms with Crippen molar-refractivity contribution in [3.05, 3.63) is 53.7 Å². The number of carbonyl (C=O) groups excluding carboxylic acids is 1. The van der Waals surface area contributed by atoms with Crippen LogP contribution in [0, 0.1) is 6.92 Å². The van der Waals surface area contributed by atoms with E-state index >= 15 is 0 Å². The number of aryl methyl sites for hydroxylation is 1. The molecule has 0 spiro atoms. The number of pyridine rings is 2. The van der Waals surface area contributed by atoms with Crippen molar-refractivity contribution in [3.8, 4) is 11.3 Å². The summed E-state index contributed by atoms with van der Waals surface area (Å²) in [5, 5.41) is 1.07. The van der Waals surface area contributed by atoms with Crippen molar-refractivity contribution in [2.24, 2.45) is 0 Å². The highest BCUT2D eigenvalue weighted by molar-refractivity contribution is 5.95. The minimum Gasteiger partial charge on any atom is -0.378 e. The summed E-state index contributed by atoms with van der Waals surface area (Å²) in [5.74, 6) is 0.0640. The van der Waals surface area contributed by atoms with Crippen molar-refractivity contribution in [2.75, 3.05) is 31.2 Å². The highest BCUT2D eigenvalue weighted by Gasteiger charge is 2.17. The number of morpholine rings is 1. The number of nitrogens with zero attached hydrogens (tertiary/aromatic N) is 3. The number of fused-ring (bicyclic) bond motifs is 1. The Morgan fingerprint density at radius 2 is 1.85 bits per heavy atom. The molecule has 3 heterocycles. The van der Waals surface area contributed by atoms with Crippen LogP contribution in [0.25, 0.3) is 22.3 Å². The van der Waals surface area contributed by atoms with Crippen molar-refractivity contribution >= 4 is 22.5 Å². The number of aromatic nitrogens is 2. The fourth-order valence-electron chi connectivity index (χ4n) is 3.28. The molecule has 3 aromatic rings. The van der Waals surface area contributed by atoms with Crippen LogP contribution in [0.2, 0.25) is 0 Å². The van der Waals surface area contributed by atoms with Gasteiger partial charge in [0.05, 0.1) is 24.6 Å². The molecule has 0 radical (unpaired) electrons. The lowest BCUT2D eigenvalue weighted by molar-refractivity contribution is 0.101. The van der Waals surface area contributed by atoms with E-state index in [9.17, 15) is 4.79 Å². The van der Waals surface area contributed by atoms with Crippen molar-refractivity contribution in [2.45, 2.75) is 13.8 Å². The van der Waals surface area contributed by atoms with E-state index in [1.807, 2.05) is 37.4 Å². The number of anilines is 1. The van der Waals surface area contributed by atoms with Gasteiger partial charge in [0.2, 0.25) is 0 Å². The van der Waals surface area contributed by atoms with Gasteiger partial charge >= 0.3 is 0 Å². The molecule has 1 saturated heterocycles. The lowest BCUT2D eigenvalue weighted by Gasteiger charge is -2.30. The van der Waals surface area contributed by atoms with Crippen LogP contribution in [-0.4, -0.2) is 42.1 Å². The Kier molecular flexibility index (Phi) is 4.39. The van der Waals surface area contributed by atoms with E-state index in [0.29, 0.717) is 5.56 Å². The van der Waals surface area contributed by atoms with E-state index in [0.717, 1.165) is 59.8 Å². The van der Waals surface area contributed by atoms with Gasteiger partial charge in [-0.1, -0.05) is 24.3 Å². The zero-order chi connectivity index (χ0) is 18.1. The van der Waals surface area contributed by atoms with Gasteiger partial charge in [-0.25, -0.2) is 9.97 Å². The Morgan fingerprint density at radius 3 is 2.54 bits per heavy atom. The smallest absolute Gasteiger partial charge is 0.161 e. The molecule has 4 rings (SSSR count). The maximum Gasteiger partial charge on any atom is 0.161 e. The minimum absolute atomic E-state index is 0.0640. The largest absolute Gasteiger partial charge is 0.378 e. The minimum atomic E-state index is 0.0640. The molecule has 26 heavy (non-hydrogen) atoms. The van der Waals surface area contributed by atoms with Gasteiger partial charge < -0.3 is 9.64 Å². The molecule has 0 atom stereocenters. The maximum absolute atomic E-state index is 11.5. The standard InChI is InChI=1S/C21H21N3O2/c1-14-11-18-20(24-7-9-26-10-8-24)12-19(23-21(18)22-13-14)17-5-3-16(4-6-17)15(2)25/h3-6,11-13H,7-10H2,1-2H3. The van der Waals surface area contributed by atoms with Crippen LogP contribution in [0.15, 0.2) is 42.6 Å². The fraction of sp³-hybridized carbons (Fsp3) is 0.286. The summed E-state index contributed by atoms with van der Waals surface area (Å²) in [6.07, 6.45) is 1.85. The molecule has 1 fully saturated rings. The van der Waals surface area contributed by atoms with Crippen LogP contribution >= 0.6 is 0 Å². The van der Waals surface area contributed by atoms with Crippen LogP contribution in [-0.2, 0) is 4.74 Å². The van der Waals surface area contributed by atoms with Crippen molar-refractivity contribution < 1.29 is 9.53 Å². The summed E-state index contributed by atoms with van der Waals surface area (Å²) in [6.45, 7) is 6.79. The van der Waals surface area contributed by atoms with Crippen molar-refractivity contribution in [1.82, 2.24) is 9.97 Å². The van der Waals surface area contributed by atoms with Gasteiger partial charge in [0, 0.05) is 35.8 Å². The highest BCUT2D eigenvalue weighted by atomic mass is 16.5. The molecule has 2 aromatic heterocycles. The molecule has 0 unspecified atom stereocenters. The van der Waals surface area contributed by atoms with Gasteiger partial charge in [0.15, 0.2) is 11.4 Å². The second kappa shape index (κ2) is 6.84. The molecule has 0 saturated carbocycles. The summed E-state index contributed by atoms with van der Waals surface area (Å²) in [7, 11) is 0. The van der Waals surface area contributed by atoms with E-state index in [1.54, 1.807) is 6.92 Å². The Balaban J connectivity index is 1.85. The van der Waals surface area contributed by atoms with E-state index in [1.165, 1.54) is 0 Å². The molecule has 0 N–H and O–H groups in total. The molecule has 132 valence electrons. The number of hydrogen-bond acceptors (Lipinski definition) is 5. The van der Waals surface area contributed by atoms with Crippen molar-refractivity contribution in [1.29, 1.82) is 0 Å². The predicted molar refractivity (Wildman–Crippen MR) is 103 cm³/mol. The third kappa shape index (κ3) is 3.18. The molecule has 0 amide bonds. The number of benzene rings is 1. The SMILES string of the molecule is CC(=O)c1ccc(-c2cc(N3CCOCC3)c3cc(C)cnc3n2)cc1. The van der Waals surface area contributed by atoms with Gasteiger partial charge in [-0.2, -0.15) is 0 Å². The summed E-state index contributed by atoms with van der Waals surface area (Å²) in [4.78, 5) is 23.2. The molecule has 1 aliphatic heterocycles. The second-order valence-corrected chi connectivity index (χ2v) is 6.64. The Morgan fingerprint density at radius 1 is 1.12 bits per heavy atom. The number of Topliss-reactive ketones (excluding diaryl/α,β-unsaturated/α-hetero) is 1. The fourth-order valence-corrected chi connectivity index (χ4v) is 3.28. The van der Waals surface area contributed by atoms with Gasteiger partial charge in [0.25, 0.3) is 0 Å². The average molecular weight is 347 g/mol. The number of ketones is 1. The van der Waals surface area contributed by atoms with Crippen molar-refractivity contribution in [3.63, 3.8) is 0 Å². The Labute approximate surface area is 152 Å². The van der Waals surface area contributed by atoms with Crippen LogP contribution in [0.1, 0.15) is 22.8 Å². The highest BCUT2D eigenvalue weighted by Crippen LogP contribution is 2.31. The Bertz CT molecular complexity index is 961. The summed E-state index contributed by atoms with van der Waals surface area (Å²) >= 11 is 0. The van der Waals surface area contributed by atoms with Gasteiger partial charge in [-0.15, -0.1) is 0 Å². The molecule has 0 bridgehead atoms. The number of ether oxygens (including phenoxy) is 1. The van der Waals surface area contributed by atoms with Gasteiger partial charge in [0.1, 0.15) is 0 Å². The first-order chi connectivity index (χ1) is 12.6. The summed E-state index contributed by atoms with van der Waals surface area (Å²) < 4.78 is 5.50. The summed E-state index contributed by atoms with van der Waals surface area (Å²) in [6, 6.07) is 11.9. The molecule has 5 heteroatoms. The maximum atomic E-state index is 11.5. The number of carbonyl (C=O) groups is 1. The molecular weight excluding hydrogens is 326 g/mol. The Hall–Kier alpha value is -2.79. The summed E-state index contributed by atoms with van der Waals surface area (Å²) in [5.41, 5.74) is 5.55. The lowest BCUT2D eigenvalue weighted by Crippen LogP contribution is -2.36. The van der Waals surface area contributed by atoms with E-state index in [4.69, 9.17) is 9.72 Å². The first-order valence-corrected chi connectivity index (χ1v) is 8.83. The van der Waals surface area contributed by atoms with Gasteiger partial charge in [-0.05, 0) is 31.5 Å². The zero-order valence-corrected chi connectivity index (χ0v) is 15.0. The predicted octanol–water partition coefficient (Wildman–Crippen LogP) is 3.64. The van der Waals surface area contributed by atoms with Crippen LogP contribution in [0.4, 0.5) is 5.69 Å². The number of rotatable bonds is 3. The third-order valence-corrected chi connectivity index (χ3v) is 4.72. The van der Waals surface area contributed by atoms with Crippen LogP contribution < -0.4 is 4.90 Å². The first-order valence-electron chi connectivity index (χ1n) is 8.83. The molecule has 0 aliphatic carbocycles. The van der Waals surface area contributed by atoms with Gasteiger partial charge in [-0.3, -0.25) is 4.79 Å². The van der Waals surface area contributed by atoms with E-state index < -0.39 is 0 Å². The second-order valence-electron chi connectivity index (χ2n) is 6.64. The normalized spacial score (nSPS) is 14.6. The molecule has 1 aromatic carbocycles. The molecule has 1 aliphatic rings. The molecule has 5 nitrogen and oxygen atoms in total. The van der Waals surface area contributed by atoms with Crippen LogP contribution in [0.3, 0.4) is 0 Å². The average Bonchev–Trinajstić information content (AvgIpc) is 2.68. The van der Waals surface area contributed by atoms with Crippen LogP contribution in [0.5, 0.6) is 0 Å². The monoisotopic (exact) mass is 347 g/mol. The quantitative estimate of drug-likeness (QED) is 0.677. The van der Waals surface area contributed by atoms with E-state index in [-0.39, 0.29) is 5.78 Å². The topological polar surface area (TPSA) is 55.3 Å². The first kappa shape index (κ1) is 16.7.